The molecule has 3 rings (SSSR count). The molecule has 0 spiro atoms. The van der Waals surface area contributed by atoms with Crippen molar-refractivity contribution >= 4 is 29.2 Å². The van der Waals surface area contributed by atoms with Crippen molar-refractivity contribution in [2.75, 3.05) is 17.7 Å². The number of nitriles is 1. The molecule has 146 valence electrons. The number of carbonyl (C=O) groups excluding carboxylic acids is 1. The third-order valence-corrected chi connectivity index (χ3v) is 4.92. The van der Waals surface area contributed by atoms with Gasteiger partial charge in [-0.3, -0.25) is 9.78 Å². The molecule has 0 saturated heterocycles. The van der Waals surface area contributed by atoms with Crippen molar-refractivity contribution in [3.05, 3.63) is 59.4 Å². The van der Waals surface area contributed by atoms with Crippen LogP contribution in [0.15, 0.2) is 47.8 Å². The number of hydrogen-bond donors (Lipinski definition) is 2. The predicted octanol–water partition coefficient (Wildman–Crippen LogP) is 4.01. The van der Waals surface area contributed by atoms with Crippen molar-refractivity contribution in [3.8, 4) is 17.3 Å². The molecule has 8 heteroatoms. The van der Waals surface area contributed by atoms with Gasteiger partial charge < -0.3 is 10.6 Å². The van der Waals surface area contributed by atoms with Crippen LogP contribution in [0.4, 0.5) is 11.5 Å². The number of rotatable bonds is 6. The van der Waals surface area contributed by atoms with Crippen molar-refractivity contribution in [2.24, 2.45) is 0 Å². The lowest BCUT2D eigenvalue weighted by Crippen LogP contribution is -2.06. The molecule has 0 unspecified atom stereocenters. The lowest BCUT2D eigenvalue weighted by Gasteiger charge is -2.11. The Morgan fingerprint density at radius 1 is 1.17 bits per heavy atom. The molecule has 2 heterocycles. The topological polar surface area (TPSA) is 104 Å². The van der Waals surface area contributed by atoms with E-state index in [9.17, 15) is 10.1 Å². The minimum absolute atomic E-state index is 0.140. The first-order valence-electron chi connectivity index (χ1n) is 8.92. The van der Waals surface area contributed by atoms with E-state index in [1.807, 2.05) is 37.4 Å². The lowest BCUT2D eigenvalue weighted by atomic mass is 10.1. The smallest absolute Gasteiger partial charge is 0.221 e. The molecule has 29 heavy (non-hydrogen) atoms. The SMILES string of the molecule is CNc1nc(SCc2ccc(C)cn2)nc(-c2ccc(NC(C)=O)cc2)c1C#N. The van der Waals surface area contributed by atoms with Crippen LogP contribution in [0.2, 0.25) is 0 Å². The maximum absolute atomic E-state index is 11.2. The Balaban J connectivity index is 1.92. The summed E-state index contributed by atoms with van der Waals surface area (Å²) in [5.41, 5.74) is 4.40. The van der Waals surface area contributed by atoms with Gasteiger partial charge in [0, 0.05) is 37.2 Å². The number of carbonyl (C=O) groups is 1. The van der Waals surface area contributed by atoms with Crippen LogP contribution in [-0.4, -0.2) is 27.9 Å². The second-order valence-corrected chi connectivity index (χ2v) is 7.26. The molecule has 0 atom stereocenters. The van der Waals surface area contributed by atoms with Crippen LogP contribution in [0, 0.1) is 18.3 Å². The Labute approximate surface area is 173 Å². The van der Waals surface area contributed by atoms with Gasteiger partial charge in [0.05, 0.1) is 11.4 Å². The van der Waals surface area contributed by atoms with Crippen molar-refractivity contribution in [2.45, 2.75) is 24.8 Å². The molecule has 0 aliphatic rings. The van der Waals surface area contributed by atoms with Crippen molar-refractivity contribution in [3.63, 3.8) is 0 Å². The summed E-state index contributed by atoms with van der Waals surface area (Å²) in [6.07, 6.45) is 1.83. The third kappa shape index (κ3) is 5.09. The summed E-state index contributed by atoms with van der Waals surface area (Å²) >= 11 is 1.46. The van der Waals surface area contributed by atoms with Crippen molar-refractivity contribution in [1.82, 2.24) is 15.0 Å². The summed E-state index contributed by atoms with van der Waals surface area (Å²) in [4.78, 5) is 24.7. The zero-order valence-electron chi connectivity index (χ0n) is 16.4. The molecule has 0 aliphatic heterocycles. The second kappa shape index (κ2) is 9.17. The lowest BCUT2D eigenvalue weighted by molar-refractivity contribution is -0.114. The highest BCUT2D eigenvalue weighted by Gasteiger charge is 2.16. The largest absolute Gasteiger partial charge is 0.372 e. The zero-order chi connectivity index (χ0) is 20.8. The molecule has 2 aromatic heterocycles. The van der Waals surface area contributed by atoms with E-state index in [2.05, 4.69) is 31.7 Å². The number of aryl methyl sites for hydroxylation is 1. The van der Waals surface area contributed by atoms with E-state index in [4.69, 9.17) is 0 Å². The molecule has 0 radical (unpaired) electrons. The highest BCUT2D eigenvalue weighted by Crippen LogP contribution is 2.30. The normalized spacial score (nSPS) is 10.3. The van der Waals surface area contributed by atoms with E-state index < -0.39 is 0 Å². The number of hydrogen-bond acceptors (Lipinski definition) is 7. The van der Waals surface area contributed by atoms with Gasteiger partial charge in [-0.1, -0.05) is 30.0 Å². The van der Waals surface area contributed by atoms with Crippen molar-refractivity contribution < 1.29 is 4.79 Å². The number of amides is 1. The van der Waals surface area contributed by atoms with Crippen LogP contribution in [0.5, 0.6) is 0 Å². The minimum atomic E-state index is -0.140. The third-order valence-electron chi connectivity index (χ3n) is 4.04. The van der Waals surface area contributed by atoms with E-state index in [1.54, 1.807) is 19.2 Å². The summed E-state index contributed by atoms with van der Waals surface area (Å²) in [6.45, 7) is 3.45. The van der Waals surface area contributed by atoms with Gasteiger partial charge in [0.25, 0.3) is 0 Å². The summed E-state index contributed by atoms with van der Waals surface area (Å²) in [7, 11) is 1.73. The molecule has 2 N–H and O–H groups in total. The summed E-state index contributed by atoms with van der Waals surface area (Å²) in [5, 5.41) is 15.9. The standard InChI is InChI=1S/C21H20N6OS/c1-13-4-7-17(24-11-13)12-29-21-26-19(18(10-22)20(23-3)27-21)15-5-8-16(9-6-15)25-14(2)28/h4-9,11H,12H2,1-3H3,(H,25,28)(H,23,26,27). The van der Waals surface area contributed by atoms with Gasteiger partial charge in [-0.05, 0) is 30.7 Å². The van der Waals surface area contributed by atoms with Gasteiger partial charge in [0.15, 0.2) is 5.16 Å². The van der Waals surface area contributed by atoms with E-state index in [1.165, 1.54) is 18.7 Å². The van der Waals surface area contributed by atoms with Gasteiger partial charge in [0.1, 0.15) is 17.5 Å². The highest BCUT2D eigenvalue weighted by atomic mass is 32.2. The Morgan fingerprint density at radius 3 is 2.52 bits per heavy atom. The number of nitrogens with one attached hydrogen (secondary N) is 2. The van der Waals surface area contributed by atoms with E-state index in [0.717, 1.165) is 16.8 Å². The average molecular weight is 404 g/mol. The van der Waals surface area contributed by atoms with Crippen LogP contribution in [-0.2, 0) is 10.5 Å². The molecule has 0 aliphatic carbocycles. The number of nitrogens with zero attached hydrogens (tertiary/aromatic N) is 4. The maximum Gasteiger partial charge on any atom is 0.221 e. The number of benzene rings is 1. The number of thioether (sulfide) groups is 1. The quantitative estimate of drug-likeness (QED) is 0.472. The zero-order valence-corrected chi connectivity index (χ0v) is 17.2. The van der Waals surface area contributed by atoms with Gasteiger partial charge >= 0.3 is 0 Å². The highest BCUT2D eigenvalue weighted by molar-refractivity contribution is 7.98. The van der Waals surface area contributed by atoms with Gasteiger partial charge in [-0.2, -0.15) is 5.26 Å². The molecule has 0 fully saturated rings. The van der Waals surface area contributed by atoms with E-state index >= 15 is 0 Å². The van der Waals surface area contributed by atoms with Gasteiger partial charge in [0.2, 0.25) is 5.91 Å². The number of pyridine rings is 1. The number of anilines is 2. The summed E-state index contributed by atoms with van der Waals surface area (Å²) < 4.78 is 0. The predicted molar refractivity (Wildman–Crippen MR) is 115 cm³/mol. The molecule has 7 nitrogen and oxygen atoms in total. The maximum atomic E-state index is 11.2. The van der Waals surface area contributed by atoms with Gasteiger partial charge in [-0.25, -0.2) is 9.97 Å². The Morgan fingerprint density at radius 2 is 1.93 bits per heavy atom. The van der Waals surface area contributed by atoms with Crippen LogP contribution >= 0.6 is 11.8 Å². The molecule has 1 aromatic carbocycles. The molecule has 3 aromatic rings. The average Bonchev–Trinajstić information content (AvgIpc) is 2.72. The van der Waals surface area contributed by atoms with Crippen LogP contribution < -0.4 is 10.6 Å². The molecular weight excluding hydrogens is 384 g/mol. The minimum Gasteiger partial charge on any atom is -0.372 e. The fourth-order valence-electron chi connectivity index (χ4n) is 2.64. The molecule has 0 saturated carbocycles. The Bertz CT molecular complexity index is 1060. The van der Waals surface area contributed by atoms with Crippen LogP contribution in [0.1, 0.15) is 23.7 Å². The Kier molecular flexibility index (Phi) is 6.42. The van der Waals surface area contributed by atoms with Crippen LogP contribution in [0.25, 0.3) is 11.3 Å². The van der Waals surface area contributed by atoms with Crippen molar-refractivity contribution in [1.29, 1.82) is 5.26 Å². The van der Waals surface area contributed by atoms with E-state index in [0.29, 0.717) is 33.7 Å². The number of aromatic nitrogens is 3. The first-order valence-corrected chi connectivity index (χ1v) is 9.91. The first-order chi connectivity index (χ1) is 14.0. The van der Waals surface area contributed by atoms with E-state index in [-0.39, 0.29) is 5.91 Å². The first kappa shape index (κ1) is 20.3. The molecule has 0 bridgehead atoms. The fourth-order valence-corrected chi connectivity index (χ4v) is 3.40. The Hall–Kier alpha value is -3.44. The summed E-state index contributed by atoms with van der Waals surface area (Å²) in [6, 6.07) is 13.4. The van der Waals surface area contributed by atoms with Crippen LogP contribution in [0.3, 0.4) is 0 Å². The van der Waals surface area contributed by atoms with Gasteiger partial charge in [-0.15, -0.1) is 0 Å². The fraction of sp³-hybridized carbons (Fsp3) is 0.190. The molecule has 1 amide bonds. The second-order valence-electron chi connectivity index (χ2n) is 6.31. The monoisotopic (exact) mass is 404 g/mol. The molecular formula is C21H20N6OS. The summed E-state index contributed by atoms with van der Waals surface area (Å²) in [5.74, 6) is 0.956.